The second-order valence-electron chi connectivity index (χ2n) is 5.57. The van der Waals surface area contributed by atoms with Gasteiger partial charge in [-0.2, -0.15) is 0 Å². The molecule has 0 spiro atoms. The number of Topliss-reactive ketones (excluding diaryl/α,β-unsaturated/α-hetero) is 1. The topological polar surface area (TPSA) is 99.1 Å². The first-order valence-electron chi connectivity index (χ1n) is 8.28. The van der Waals surface area contributed by atoms with Gasteiger partial charge in [0.2, 0.25) is 5.78 Å². The van der Waals surface area contributed by atoms with E-state index in [9.17, 15) is 19.5 Å². The molecule has 0 saturated heterocycles. The van der Waals surface area contributed by atoms with E-state index in [1.807, 2.05) is 0 Å². The fourth-order valence-corrected chi connectivity index (χ4v) is 2.23. The highest BCUT2D eigenvalue weighted by Crippen LogP contribution is 2.16. The lowest BCUT2D eigenvalue weighted by Crippen LogP contribution is -2.31. The van der Waals surface area contributed by atoms with E-state index in [0.29, 0.717) is 11.1 Å². The van der Waals surface area contributed by atoms with Crippen LogP contribution >= 0.6 is 0 Å². The highest BCUT2D eigenvalue weighted by molar-refractivity contribution is 5.99. The zero-order valence-corrected chi connectivity index (χ0v) is 14.8. The van der Waals surface area contributed by atoms with E-state index in [1.165, 1.54) is 13.0 Å². The maximum Gasteiger partial charge on any atom is 0.310 e. The number of carbonyl (C=O) groups is 3. The normalized spacial score (nSPS) is 11.4. The fourth-order valence-electron chi connectivity index (χ4n) is 2.23. The van der Waals surface area contributed by atoms with Crippen molar-refractivity contribution in [1.82, 2.24) is 0 Å². The minimum absolute atomic E-state index is 0.00841. The van der Waals surface area contributed by atoms with Gasteiger partial charge in [-0.25, -0.2) is 0 Å². The minimum atomic E-state index is -1.42. The highest BCUT2D eigenvalue weighted by Gasteiger charge is 2.23. The summed E-state index contributed by atoms with van der Waals surface area (Å²) in [5.74, 6) is -1.72. The number of carbonyl (C=O) groups excluding carboxylic acids is 3. The third kappa shape index (κ3) is 6.56. The molecule has 0 aromatic heterocycles. The molecule has 1 atom stereocenters. The van der Waals surface area contributed by atoms with Crippen LogP contribution in [-0.4, -0.2) is 42.3 Å². The van der Waals surface area contributed by atoms with Crippen molar-refractivity contribution in [1.29, 1.82) is 0 Å². The SMILES string of the molecule is CC(=O)OC(OCCOC(=O)Cc1ccccc1O)C(=O)c1ccccc1. The molecule has 0 aliphatic heterocycles. The Morgan fingerprint density at radius 3 is 2.30 bits per heavy atom. The van der Waals surface area contributed by atoms with Gasteiger partial charge in [-0.15, -0.1) is 0 Å². The summed E-state index contributed by atoms with van der Waals surface area (Å²) < 4.78 is 15.2. The van der Waals surface area contributed by atoms with Crippen molar-refractivity contribution in [2.45, 2.75) is 19.6 Å². The Kier molecular flexibility index (Phi) is 7.51. The molecule has 0 aliphatic rings. The Morgan fingerprint density at radius 2 is 1.63 bits per heavy atom. The summed E-state index contributed by atoms with van der Waals surface area (Å²) in [7, 11) is 0. The Labute approximate surface area is 156 Å². The van der Waals surface area contributed by atoms with E-state index in [4.69, 9.17) is 14.2 Å². The molecule has 0 amide bonds. The van der Waals surface area contributed by atoms with Crippen LogP contribution in [0.5, 0.6) is 5.75 Å². The van der Waals surface area contributed by atoms with Gasteiger partial charge in [0, 0.05) is 18.1 Å². The summed E-state index contributed by atoms with van der Waals surface area (Å²) in [4.78, 5) is 35.4. The molecule has 2 aromatic rings. The van der Waals surface area contributed by atoms with Crippen molar-refractivity contribution in [3.8, 4) is 5.75 Å². The number of benzene rings is 2. The number of phenolic OH excluding ortho intramolecular Hbond substituents is 1. The van der Waals surface area contributed by atoms with E-state index in [-0.39, 0.29) is 25.4 Å². The quantitative estimate of drug-likeness (QED) is 0.312. The monoisotopic (exact) mass is 372 g/mol. The van der Waals surface area contributed by atoms with E-state index >= 15 is 0 Å². The fraction of sp³-hybridized carbons (Fsp3) is 0.250. The minimum Gasteiger partial charge on any atom is -0.508 e. The van der Waals surface area contributed by atoms with Gasteiger partial charge >= 0.3 is 11.9 Å². The first kappa shape index (κ1) is 20.1. The smallest absolute Gasteiger partial charge is 0.310 e. The van der Waals surface area contributed by atoms with Crippen LogP contribution < -0.4 is 0 Å². The molecule has 0 heterocycles. The van der Waals surface area contributed by atoms with E-state index in [1.54, 1.807) is 48.5 Å². The maximum absolute atomic E-state index is 12.3. The molecule has 7 heteroatoms. The molecule has 142 valence electrons. The lowest BCUT2D eigenvalue weighted by atomic mass is 10.1. The molecule has 27 heavy (non-hydrogen) atoms. The number of aromatic hydroxyl groups is 1. The predicted octanol–water partition coefficient (Wildman–Crippen LogP) is 2.27. The van der Waals surface area contributed by atoms with Crippen molar-refractivity contribution in [3.05, 3.63) is 65.7 Å². The Hall–Kier alpha value is -3.19. The van der Waals surface area contributed by atoms with Crippen molar-refractivity contribution in [2.24, 2.45) is 0 Å². The number of ketones is 1. The number of hydrogen-bond donors (Lipinski definition) is 1. The van der Waals surface area contributed by atoms with Crippen LogP contribution in [0.25, 0.3) is 0 Å². The van der Waals surface area contributed by atoms with Crippen LogP contribution in [0, 0.1) is 0 Å². The summed E-state index contributed by atoms with van der Waals surface area (Å²) in [6.07, 6.45) is -1.51. The third-order valence-electron chi connectivity index (χ3n) is 3.49. The zero-order chi connectivity index (χ0) is 19.6. The highest BCUT2D eigenvalue weighted by atomic mass is 16.7. The number of esters is 2. The van der Waals surface area contributed by atoms with Crippen LogP contribution in [0.2, 0.25) is 0 Å². The van der Waals surface area contributed by atoms with Crippen LogP contribution in [0.3, 0.4) is 0 Å². The van der Waals surface area contributed by atoms with Crippen molar-refractivity contribution < 1.29 is 33.7 Å². The summed E-state index contributed by atoms with van der Waals surface area (Å²) in [5.41, 5.74) is 0.778. The second kappa shape index (κ2) is 10.1. The molecular formula is C20H20O7. The molecule has 0 fully saturated rings. The Balaban J connectivity index is 1.83. The molecule has 0 bridgehead atoms. The molecule has 2 aromatic carbocycles. The van der Waals surface area contributed by atoms with E-state index in [0.717, 1.165) is 0 Å². The summed E-state index contributed by atoms with van der Waals surface area (Å²) in [5, 5.41) is 9.64. The van der Waals surface area contributed by atoms with Crippen molar-refractivity contribution in [3.63, 3.8) is 0 Å². The van der Waals surface area contributed by atoms with Crippen molar-refractivity contribution >= 4 is 17.7 Å². The average Bonchev–Trinajstić information content (AvgIpc) is 2.66. The molecule has 2 rings (SSSR count). The largest absolute Gasteiger partial charge is 0.508 e. The summed E-state index contributed by atoms with van der Waals surface area (Å²) in [6, 6.07) is 14.7. The Bertz CT molecular complexity index is 786. The maximum atomic E-state index is 12.3. The first-order chi connectivity index (χ1) is 13.0. The summed E-state index contributed by atoms with van der Waals surface area (Å²) in [6.45, 7) is 0.899. The Morgan fingerprint density at radius 1 is 0.963 bits per heavy atom. The molecule has 0 saturated carbocycles. The van der Waals surface area contributed by atoms with E-state index < -0.39 is 24.0 Å². The van der Waals surface area contributed by atoms with Crippen LogP contribution in [0.15, 0.2) is 54.6 Å². The number of ether oxygens (including phenoxy) is 3. The molecule has 1 unspecified atom stereocenters. The van der Waals surface area contributed by atoms with Gasteiger partial charge in [0.25, 0.3) is 6.29 Å². The lowest BCUT2D eigenvalue weighted by Gasteiger charge is -2.16. The van der Waals surface area contributed by atoms with Gasteiger partial charge < -0.3 is 19.3 Å². The number of phenols is 1. The number of rotatable bonds is 9. The average molecular weight is 372 g/mol. The molecule has 7 nitrogen and oxygen atoms in total. The second-order valence-corrected chi connectivity index (χ2v) is 5.57. The van der Waals surface area contributed by atoms with E-state index in [2.05, 4.69) is 0 Å². The zero-order valence-electron chi connectivity index (χ0n) is 14.8. The predicted molar refractivity (Wildman–Crippen MR) is 95.0 cm³/mol. The van der Waals surface area contributed by atoms with Crippen LogP contribution in [0.1, 0.15) is 22.8 Å². The van der Waals surface area contributed by atoms with Gasteiger partial charge in [-0.3, -0.25) is 14.4 Å². The third-order valence-corrected chi connectivity index (χ3v) is 3.49. The van der Waals surface area contributed by atoms with Crippen LogP contribution in [-0.2, 0) is 30.2 Å². The molecule has 0 aliphatic carbocycles. The van der Waals surface area contributed by atoms with Gasteiger partial charge in [-0.1, -0.05) is 48.5 Å². The van der Waals surface area contributed by atoms with Crippen LogP contribution in [0.4, 0.5) is 0 Å². The molecule has 1 N–H and O–H groups in total. The molecular weight excluding hydrogens is 352 g/mol. The van der Waals surface area contributed by atoms with Gasteiger partial charge in [0.05, 0.1) is 13.0 Å². The van der Waals surface area contributed by atoms with Crippen molar-refractivity contribution in [2.75, 3.05) is 13.2 Å². The lowest BCUT2D eigenvalue weighted by molar-refractivity contribution is -0.170. The standard InChI is InChI=1S/C20H20O7/c1-14(21)27-20(19(24)15-7-3-2-4-8-15)26-12-11-25-18(23)13-16-9-5-6-10-17(16)22/h2-10,20,22H,11-13H2,1H3. The van der Waals surface area contributed by atoms with Gasteiger partial charge in [0.15, 0.2) is 0 Å². The van der Waals surface area contributed by atoms with Gasteiger partial charge in [-0.05, 0) is 6.07 Å². The number of para-hydroxylation sites is 1. The number of hydrogen-bond acceptors (Lipinski definition) is 7. The summed E-state index contributed by atoms with van der Waals surface area (Å²) >= 11 is 0. The first-order valence-corrected chi connectivity index (χ1v) is 8.28. The molecule has 0 radical (unpaired) electrons. The van der Waals surface area contributed by atoms with Gasteiger partial charge in [0.1, 0.15) is 12.4 Å².